The third-order valence-corrected chi connectivity index (χ3v) is 4.11. The standard InChI is InChI=1S/C13H17N3O4S.ClH/c1-14-7-10(17)15-9-3-5-16(11(9)18)12-8(4-6-21-12)13(19)20-2;/h4,6,9,14H,3,5,7H2,1-2H3,(H,15,17);1H. The zero-order valence-electron chi connectivity index (χ0n) is 12.3. The lowest BCUT2D eigenvalue weighted by Gasteiger charge is -2.16. The molecule has 0 spiro atoms. The molecule has 0 radical (unpaired) electrons. The van der Waals surface area contributed by atoms with Crippen LogP contribution in [0.4, 0.5) is 5.00 Å². The molecule has 0 aliphatic carbocycles. The number of carbonyl (C=O) groups excluding carboxylic acids is 3. The highest BCUT2D eigenvalue weighted by molar-refractivity contribution is 7.14. The number of nitrogens with one attached hydrogen (secondary N) is 2. The summed E-state index contributed by atoms with van der Waals surface area (Å²) in [7, 11) is 2.97. The molecule has 1 aliphatic heterocycles. The van der Waals surface area contributed by atoms with Crippen molar-refractivity contribution in [3.05, 3.63) is 17.0 Å². The molecule has 2 rings (SSSR count). The van der Waals surface area contributed by atoms with Gasteiger partial charge in [0.1, 0.15) is 11.0 Å². The first-order valence-electron chi connectivity index (χ1n) is 6.49. The molecule has 1 aromatic rings. The van der Waals surface area contributed by atoms with E-state index in [-0.39, 0.29) is 30.8 Å². The largest absolute Gasteiger partial charge is 0.465 e. The summed E-state index contributed by atoms with van der Waals surface area (Å²) in [5.41, 5.74) is 0.373. The molecule has 0 saturated carbocycles. The first-order valence-corrected chi connectivity index (χ1v) is 7.37. The van der Waals surface area contributed by atoms with Gasteiger partial charge in [-0.2, -0.15) is 0 Å². The number of anilines is 1. The molecule has 7 nitrogen and oxygen atoms in total. The fourth-order valence-corrected chi connectivity index (χ4v) is 3.12. The number of hydrogen-bond donors (Lipinski definition) is 2. The van der Waals surface area contributed by atoms with Crippen LogP contribution in [0.15, 0.2) is 11.4 Å². The summed E-state index contributed by atoms with van der Waals surface area (Å²) in [5.74, 6) is -0.897. The van der Waals surface area contributed by atoms with Crippen molar-refractivity contribution in [1.82, 2.24) is 10.6 Å². The summed E-state index contributed by atoms with van der Waals surface area (Å²) in [5, 5.41) is 7.72. The van der Waals surface area contributed by atoms with Crippen LogP contribution in [0.2, 0.25) is 0 Å². The van der Waals surface area contributed by atoms with Crippen LogP contribution in [0.25, 0.3) is 0 Å². The average Bonchev–Trinajstić information content (AvgIpc) is 3.06. The van der Waals surface area contributed by atoms with Crippen LogP contribution < -0.4 is 15.5 Å². The summed E-state index contributed by atoms with van der Waals surface area (Å²) < 4.78 is 4.71. The Kier molecular flexibility index (Phi) is 6.79. The molecule has 1 saturated heterocycles. The minimum absolute atomic E-state index is 0. The lowest BCUT2D eigenvalue weighted by Crippen LogP contribution is -2.44. The van der Waals surface area contributed by atoms with E-state index in [4.69, 9.17) is 4.74 Å². The van der Waals surface area contributed by atoms with E-state index in [1.165, 1.54) is 23.3 Å². The van der Waals surface area contributed by atoms with Crippen molar-refractivity contribution >= 4 is 46.5 Å². The second-order valence-corrected chi connectivity index (χ2v) is 5.45. The van der Waals surface area contributed by atoms with Crippen molar-refractivity contribution in [2.75, 3.05) is 32.1 Å². The Hall–Kier alpha value is -1.64. The fourth-order valence-electron chi connectivity index (χ4n) is 2.20. The molecular formula is C13H18ClN3O4S. The third-order valence-electron chi connectivity index (χ3n) is 3.17. The number of hydrogen-bond acceptors (Lipinski definition) is 6. The zero-order valence-corrected chi connectivity index (χ0v) is 13.9. The van der Waals surface area contributed by atoms with E-state index >= 15 is 0 Å². The third kappa shape index (κ3) is 3.76. The molecule has 9 heteroatoms. The van der Waals surface area contributed by atoms with Gasteiger partial charge in [0.05, 0.1) is 19.2 Å². The Bertz CT molecular complexity index is 563. The van der Waals surface area contributed by atoms with E-state index in [1.54, 1.807) is 18.5 Å². The van der Waals surface area contributed by atoms with Crippen molar-refractivity contribution in [1.29, 1.82) is 0 Å². The first kappa shape index (κ1) is 18.4. The van der Waals surface area contributed by atoms with E-state index in [2.05, 4.69) is 10.6 Å². The number of methoxy groups -OCH3 is 1. The average molecular weight is 348 g/mol. The van der Waals surface area contributed by atoms with Gasteiger partial charge in [-0.25, -0.2) is 4.79 Å². The number of carbonyl (C=O) groups is 3. The minimum Gasteiger partial charge on any atom is -0.465 e. The SMILES string of the molecule is CNCC(=O)NC1CCN(c2sccc2C(=O)OC)C1=O.Cl. The molecule has 2 heterocycles. The second-order valence-electron chi connectivity index (χ2n) is 4.56. The van der Waals surface area contributed by atoms with Gasteiger partial charge in [0, 0.05) is 6.54 Å². The summed E-state index contributed by atoms with van der Waals surface area (Å²) in [6.45, 7) is 0.629. The zero-order chi connectivity index (χ0) is 15.4. The van der Waals surface area contributed by atoms with Gasteiger partial charge < -0.3 is 20.3 Å². The van der Waals surface area contributed by atoms with Crippen molar-refractivity contribution in [2.45, 2.75) is 12.5 Å². The Morgan fingerprint density at radius 2 is 2.23 bits per heavy atom. The van der Waals surface area contributed by atoms with E-state index < -0.39 is 12.0 Å². The number of esters is 1. The van der Waals surface area contributed by atoms with Gasteiger partial charge in [-0.3, -0.25) is 9.59 Å². The van der Waals surface area contributed by atoms with Gasteiger partial charge in [0.2, 0.25) is 11.8 Å². The Morgan fingerprint density at radius 1 is 1.50 bits per heavy atom. The van der Waals surface area contributed by atoms with Crippen molar-refractivity contribution in [2.24, 2.45) is 0 Å². The Labute approximate surface area is 138 Å². The topological polar surface area (TPSA) is 87.7 Å². The smallest absolute Gasteiger partial charge is 0.340 e. The minimum atomic E-state index is -0.543. The highest BCUT2D eigenvalue weighted by Crippen LogP contribution is 2.31. The highest BCUT2D eigenvalue weighted by atomic mass is 35.5. The summed E-state index contributed by atoms with van der Waals surface area (Å²) in [6.07, 6.45) is 0.521. The van der Waals surface area contributed by atoms with Crippen molar-refractivity contribution in [3.63, 3.8) is 0 Å². The molecule has 122 valence electrons. The molecule has 1 atom stereocenters. The number of rotatable bonds is 5. The van der Waals surface area contributed by atoms with Gasteiger partial charge in [-0.1, -0.05) is 0 Å². The van der Waals surface area contributed by atoms with Gasteiger partial charge in [-0.05, 0) is 24.9 Å². The quantitative estimate of drug-likeness (QED) is 0.753. The molecule has 1 fully saturated rings. The maximum absolute atomic E-state index is 12.4. The first-order chi connectivity index (χ1) is 10.1. The van der Waals surface area contributed by atoms with Gasteiger partial charge in [0.25, 0.3) is 0 Å². The predicted molar refractivity (Wildman–Crippen MR) is 85.7 cm³/mol. The van der Waals surface area contributed by atoms with Gasteiger partial charge in [-0.15, -0.1) is 23.7 Å². The van der Waals surface area contributed by atoms with Crippen LogP contribution in [0.5, 0.6) is 0 Å². The summed E-state index contributed by atoms with van der Waals surface area (Å²) in [4.78, 5) is 37.1. The molecule has 0 aromatic carbocycles. The lowest BCUT2D eigenvalue weighted by molar-refractivity contribution is -0.125. The monoisotopic (exact) mass is 347 g/mol. The molecule has 2 amide bonds. The van der Waals surface area contributed by atoms with Crippen LogP contribution in [0.3, 0.4) is 0 Å². The summed E-state index contributed by atoms with van der Waals surface area (Å²) >= 11 is 1.30. The van der Waals surface area contributed by atoms with Crippen LogP contribution in [-0.2, 0) is 14.3 Å². The lowest BCUT2D eigenvalue weighted by atomic mass is 10.2. The van der Waals surface area contributed by atoms with Crippen molar-refractivity contribution in [3.8, 4) is 0 Å². The van der Waals surface area contributed by atoms with E-state index in [1.807, 2.05) is 0 Å². The van der Waals surface area contributed by atoms with Gasteiger partial charge in [0.15, 0.2) is 0 Å². The van der Waals surface area contributed by atoms with Crippen molar-refractivity contribution < 1.29 is 19.1 Å². The maximum atomic E-state index is 12.4. The Balaban J connectivity index is 0.00000242. The molecule has 0 bridgehead atoms. The van der Waals surface area contributed by atoms with E-state index in [0.29, 0.717) is 23.5 Å². The van der Waals surface area contributed by atoms with Crippen LogP contribution in [0, 0.1) is 0 Å². The second kappa shape index (κ2) is 8.11. The number of ether oxygens (including phenoxy) is 1. The number of amides is 2. The molecule has 22 heavy (non-hydrogen) atoms. The molecule has 1 unspecified atom stereocenters. The number of likely N-dealkylation sites (N-methyl/N-ethyl adjacent to an activating group) is 1. The van der Waals surface area contributed by atoms with E-state index in [0.717, 1.165) is 0 Å². The molecule has 1 aromatic heterocycles. The fraction of sp³-hybridized carbons (Fsp3) is 0.462. The number of halogens is 1. The molecular weight excluding hydrogens is 330 g/mol. The van der Waals surface area contributed by atoms with Crippen LogP contribution >= 0.6 is 23.7 Å². The Morgan fingerprint density at radius 3 is 2.86 bits per heavy atom. The molecule has 1 aliphatic rings. The molecule has 2 N–H and O–H groups in total. The van der Waals surface area contributed by atoms with Gasteiger partial charge >= 0.3 is 5.97 Å². The highest BCUT2D eigenvalue weighted by Gasteiger charge is 2.35. The van der Waals surface area contributed by atoms with Crippen LogP contribution in [-0.4, -0.2) is 51.1 Å². The predicted octanol–water partition coefficient (Wildman–Crippen LogP) is 0.397. The summed E-state index contributed by atoms with van der Waals surface area (Å²) in [6, 6.07) is 1.09. The maximum Gasteiger partial charge on any atom is 0.340 e. The number of thiophene rings is 1. The normalized spacial score (nSPS) is 17.1. The van der Waals surface area contributed by atoms with Crippen LogP contribution in [0.1, 0.15) is 16.8 Å². The number of nitrogens with zero attached hydrogens (tertiary/aromatic N) is 1. The van der Waals surface area contributed by atoms with E-state index in [9.17, 15) is 14.4 Å².